The standard InChI is InChI=1S/C17H21FN4/c18-16-5-1-4-15(14-16)6-11-21-9-3-10-22(13-12-21)17-19-7-2-8-20-17/h1-2,4-5,7-8,14H,3,6,9-13H2. The summed E-state index contributed by atoms with van der Waals surface area (Å²) < 4.78 is 13.2. The van der Waals surface area contributed by atoms with Crippen LogP contribution in [0.5, 0.6) is 0 Å². The summed E-state index contributed by atoms with van der Waals surface area (Å²) in [5.74, 6) is 0.662. The molecule has 1 aromatic carbocycles. The number of hydrogen-bond donors (Lipinski definition) is 0. The molecular formula is C17H21FN4. The van der Waals surface area contributed by atoms with Gasteiger partial charge in [-0.05, 0) is 43.1 Å². The number of nitrogens with zero attached hydrogens (tertiary/aromatic N) is 4. The first-order valence-corrected chi connectivity index (χ1v) is 7.80. The van der Waals surface area contributed by atoms with Gasteiger partial charge in [0.1, 0.15) is 5.82 Å². The van der Waals surface area contributed by atoms with E-state index in [0.29, 0.717) is 0 Å². The van der Waals surface area contributed by atoms with E-state index in [2.05, 4.69) is 19.8 Å². The average Bonchev–Trinajstić information content (AvgIpc) is 2.79. The van der Waals surface area contributed by atoms with E-state index in [1.807, 2.05) is 12.1 Å². The molecule has 3 rings (SSSR count). The van der Waals surface area contributed by atoms with E-state index in [1.165, 1.54) is 6.07 Å². The maximum absolute atomic E-state index is 13.2. The van der Waals surface area contributed by atoms with Crippen LogP contribution in [0.1, 0.15) is 12.0 Å². The van der Waals surface area contributed by atoms with Gasteiger partial charge in [0.25, 0.3) is 0 Å². The summed E-state index contributed by atoms with van der Waals surface area (Å²) in [5.41, 5.74) is 1.06. The van der Waals surface area contributed by atoms with E-state index in [4.69, 9.17) is 0 Å². The lowest BCUT2D eigenvalue weighted by atomic mass is 10.1. The number of anilines is 1. The molecule has 116 valence electrons. The Kier molecular flexibility index (Phi) is 4.96. The van der Waals surface area contributed by atoms with Gasteiger partial charge < -0.3 is 9.80 Å². The zero-order valence-corrected chi connectivity index (χ0v) is 12.7. The second-order valence-corrected chi connectivity index (χ2v) is 5.61. The third kappa shape index (κ3) is 4.01. The molecule has 1 fully saturated rings. The van der Waals surface area contributed by atoms with E-state index in [0.717, 1.165) is 57.1 Å². The Labute approximate surface area is 130 Å². The van der Waals surface area contributed by atoms with E-state index >= 15 is 0 Å². The summed E-state index contributed by atoms with van der Waals surface area (Å²) in [6, 6.07) is 8.73. The van der Waals surface area contributed by atoms with Crippen molar-refractivity contribution in [2.24, 2.45) is 0 Å². The Morgan fingerprint density at radius 1 is 1.00 bits per heavy atom. The highest BCUT2D eigenvalue weighted by molar-refractivity contribution is 5.28. The number of aromatic nitrogens is 2. The third-order valence-electron chi connectivity index (χ3n) is 4.03. The molecular weight excluding hydrogens is 279 g/mol. The second kappa shape index (κ2) is 7.31. The van der Waals surface area contributed by atoms with Crippen molar-refractivity contribution in [1.29, 1.82) is 0 Å². The quantitative estimate of drug-likeness (QED) is 0.868. The van der Waals surface area contributed by atoms with Crippen LogP contribution in [0, 0.1) is 5.82 Å². The van der Waals surface area contributed by atoms with Crippen molar-refractivity contribution in [2.45, 2.75) is 12.8 Å². The first-order valence-electron chi connectivity index (χ1n) is 7.80. The van der Waals surface area contributed by atoms with Crippen LogP contribution < -0.4 is 4.90 Å². The summed E-state index contributed by atoms with van der Waals surface area (Å²) in [5, 5.41) is 0. The lowest BCUT2D eigenvalue weighted by molar-refractivity contribution is 0.297. The number of hydrogen-bond acceptors (Lipinski definition) is 4. The van der Waals surface area contributed by atoms with Gasteiger partial charge in [0.15, 0.2) is 0 Å². The SMILES string of the molecule is Fc1cccc(CCN2CCCN(c3ncccn3)CC2)c1. The van der Waals surface area contributed by atoms with Crippen molar-refractivity contribution in [3.63, 3.8) is 0 Å². The van der Waals surface area contributed by atoms with Crippen molar-refractivity contribution in [3.8, 4) is 0 Å². The Morgan fingerprint density at radius 3 is 2.68 bits per heavy atom. The normalized spacial score (nSPS) is 16.5. The summed E-state index contributed by atoms with van der Waals surface area (Å²) in [7, 11) is 0. The smallest absolute Gasteiger partial charge is 0.225 e. The maximum atomic E-state index is 13.2. The predicted molar refractivity (Wildman–Crippen MR) is 85.4 cm³/mol. The number of benzene rings is 1. The van der Waals surface area contributed by atoms with Crippen LogP contribution in [0.2, 0.25) is 0 Å². The van der Waals surface area contributed by atoms with Crippen LogP contribution in [-0.2, 0) is 6.42 Å². The molecule has 0 radical (unpaired) electrons. The van der Waals surface area contributed by atoms with Crippen LogP contribution in [0.4, 0.5) is 10.3 Å². The molecule has 0 unspecified atom stereocenters. The van der Waals surface area contributed by atoms with Crippen molar-refractivity contribution < 1.29 is 4.39 Å². The van der Waals surface area contributed by atoms with Gasteiger partial charge in [-0.15, -0.1) is 0 Å². The van der Waals surface area contributed by atoms with Crippen LogP contribution in [-0.4, -0.2) is 47.6 Å². The largest absolute Gasteiger partial charge is 0.339 e. The van der Waals surface area contributed by atoms with Crippen molar-refractivity contribution in [1.82, 2.24) is 14.9 Å². The fourth-order valence-corrected chi connectivity index (χ4v) is 2.83. The predicted octanol–water partition coefficient (Wildman–Crippen LogP) is 2.37. The van der Waals surface area contributed by atoms with Gasteiger partial charge in [0.05, 0.1) is 0 Å². The molecule has 1 aliphatic rings. The molecule has 0 aliphatic carbocycles. The summed E-state index contributed by atoms with van der Waals surface area (Å²) >= 11 is 0. The maximum Gasteiger partial charge on any atom is 0.225 e. The molecule has 0 atom stereocenters. The second-order valence-electron chi connectivity index (χ2n) is 5.61. The van der Waals surface area contributed by atoms with Gasteiger partial charge in [-0.3, -0.25) is 0 Å². The lowest BCUT2D eigenvalue weighted by Gasteiger charge is -2.21. The Balaban J connectivity index is 1.52. The highest BCUT2D eigenvalue weighted by atomic mass is 19.1. The van der Waals surface area contributed by atoms with E-state index in [1.54, 1.807) is 24.5 Å². The fraction of sp³-hybridized carbons (Fsp3) is 0.412. The topological polar surface area (TPSA) is 32.3 Å². The van der Waals surface area contributed by atoms with Crippen molar-refractivity contribution >= 4 is 5.95 Å². The Morgan fingerprint density at radius 2 is 1.86 bits per heavy atom. The molecule has 1 aromatic heterocycles. The van der Waals surface area contributed by atoms with Gasteiger partial charge in [0.2, 0.25) is 5.95 Å². The minimum atomic E-state index is -0.152. The van der Waals surface area contributed by atoms with E-state index in [9.17, 15) is 4.39 Å². The average molecular weight is 300 g/mol. The molecule has 0 saturated carbocycles. The summed E-state index contributed by atoms with van der Waals surface area (Å²) in [4.78, 5) is 13.3. The highest BCUT2D eigenvalue weighted by Gasteiger charge is 2.16. The highest BCUT2D eigenvalue weighted by Crippen LogP contribution is 2.11. The van der Waals surface area contributed by atoms with Gasteiger partial charge in [-0.2, -0.15) is 0 Å². The fourth-order valence-electron chi connectivity index (χ4n) is 2.83. The summed E-state index contributed by atoms with van der Waals surface area (Å²) in [6.45, 7) is 4.95. The Bertz CT molecular complexity index is 590. The van der Waals surface area contributed by atoms with Crippen LogP contribution in [0.25, 0.3) is 0 Å². The number of rotatable bonds is 4. The van der Waals surface area contributed by atoms with E-state index < -0.39 is 0 Å². The zero-order valence-electron chi connectivity index (χ0n) is 12.7. The molecule has 0 spiro atoms. The lowest BCUT2D eigenvalue weighted by Crippen LogP contribution is -2.32. The molecule has 1 saturated heterocycles. The molecule has 2 aromatic rings. The molecule has 4 nitrogen and oxygen atoms in total. The first-order chi connectivity index (χ1) is 10.8. The van der Waals surface area contributed by atoms with Crippen molar-refractivity contribution in [3.05, 3.63) is 54.1 Å². The minimum absolute atomic E-state index is 0.152. The third-order valence-corrected chi connectivity index (χ3v) is 4.03. The van der Waals surface area contributed by atoms with Gasteiger partial charge in [-0.1, -0.05) is 12.1 Å². The molecule has 22 heavy (non-hydrogen) atoms. The summed E-state index contributed by atoms with van der Waals surface area (Å²) in [6.07, 6.45) is 5.56. The monoisotopic (exact) mass is 300 g/mol. The first kappa shape index (κ1) is 14.9. The molecule has 0 N–H and O–H groups in total. The van der Waals surface area contributed by atoms with Crippen LogP contribution >= 0.6 is 0 Å². The van der Waals surface area contributed by atoms with Crippen molar-refractivity contribution in [2.75, 3.05) is 37.6 Å². The zero-order chi connectivity index (χ0) is 15.2. The molecule has 2 heterocycles. The minimum Gasteiger partial charge on any atom is -0.339 e. The van der Waals surface area contributed by atoms with Crippen LogP contribution in [0.3, 0.4) is 0 Å². The van der Waals surface area contributed by atoms with Crippen LogP contribution in [0.15, 0.2) is 42.7 Å². The van der Waals surface area contributed by atoms with Gasteiger partial charge in [0, 0.05) is 38.6 Å². The van der Waals surface area contributed by atoms with Gasteiger partial charge in [-0.25, -0.2) is 14.4 Å². The molecule has 0 bridgehead atoms. The molecule has 1 aliphatic heterocycles. The number of halogens is 1. The van der Waals surface area contributed by atoms with E-state index in [-0.39, 0.29) is 5.82 Å². The molecule has 0 amide bonds. The molecule has 5 heteroatoms. The van der Waals surface area contributed by atoms with Gasteiger partial charge >= 0.3 is 0 Å². The Hall–Kier alpha value is -2.01.